The Morgan fingerprint density at radius 2 is 2.00 bits per heavy atom. The van der Waals surface area contributed by atoms with E-state index in [1.165, 1.54) is 6.33 Å². The number of H-pyrrole nitrogens is 1. The van der Waals surface area contributed by atoms with Crippen LogP contribution in [0.4, 0.5) is 0 Å². The first-order valence-electron chi connectivity index (χ1n) is 7.60. The normalized spacial score (nSPS) is 21.7. The summed E-state index contributed by atoms with van der Waals surface area (Å²) in [5.41, 5.74) is 0.434. The Kier molecular flexibility index (Phi) is 4.29. The Labute approximate surface area is 128 Å². The molecule has 118 valence electrons. The van der Waals surface area contributed by atoms with Crippen molar-refractivity contribution in [3.05, 3.63) is 28.8 Å². The molecule has 0 atom stereocenters. The molecule has 0 bridgehead atoms. The van der Waals surface area contributed by atoms with E-state index in [2.05, 4.69) is 15.3 Å². The summed E-state index contributed by atoms with van der Waals surface area (Å²) in [6.07, 6.45) is 5.74. The van der Waals surface area contributed by atoms with E-state index in [0.29, 0.717) is 28.4 Å². The van der Waals surface area contributed by atoms with E-state index in [1.54, 1.807) is 19.2 Å². The molecule has 0 spiro atoms. The number of hydrogen-bond acceptors (Lipinski definition) is 5. The standard InChI is InChI=1S/C16H21N3O3/c1-17-10-3-5-11(6-4-10)22-15-7-12-13(8-14(15)21-2)18-9-19-16(12)20/h7-11,17H,3-6H2,1-2H3,(H,18,19,20)/t10-,11-. The van der Waals surface area contributed by atoms with Crippen LogP contribution in [-0.2, 0) is 0 Å². The average molecular weight is 303 g/mol. The fourth-order valence-corrected chi connectivity index (χ4v) is 2.98. The van der Waals surface area contributed by atoms with Crippen molar-refractivity contribution in [3.8, 4) is 11.5 Å². The van der Waals surface area contributed by atoms with E-state index in [4.69, 9.17) is 9.47 Å². The summed E-state index contributed by atoms with van der Waals surface area (Å²) < 4.78 is 11.5. The van der Waals surface area contributed by atoms with E-state index in [-0.39, 0.29) is 11.7 Å². The van der Waals surface area contributed by atoms with Gasteiger partial charge in [-0.1, -0.05) is 0 Å². The van der Waals surface area contributed by atoms with Crippen molar-refractivity contribution in [1.82, 2.24) is 15.3 Å². The van der Waals surface area contributed by atoms with Crippen LogP contribution in [0.15, 0.2) is 23.3 Å². The molecule has 0 amide bonds. The first-order valence-corrected chi connectivity index (χ1v) is 7.60. The van der Waals surface area contributed by atoms with E-state index in [9.17, 15) is 4.79 Å². The van der Waals surface area contributed by atoms with Crippen LogP contribution >= 0.6 is 0 Å². The fraction of sp³-hybridized carbons (Fsp3) is 0.500. The highest BCUT2D eigenvalue weighted by atomic mass is 16.5. The lowest BCUT2D eigenvalue weighted by atomic mass is 9.93. The summed E-state index contributed by atoms with van der Waals surface area (Å²) in [5, 5.41) is 3.82. The van der Waals surface area contributed by atoms with E-state index >= 15 is 0 Å². The van der Waals surface area contributed by atoms with Gasteiger partial charge in [0.25, 0.3) is 5.56 Å². The summed E-state index contributed by atoms with van der Waals surface area (Å²) in [5.74, 6) is 1.22. The minimum absolute atomic E-state index is 0.159. The van der Waals surface area contributed by atoms with Gasteiger partial charge in [0.05, 0.1) is 30.4 Å². The molecule has 1 aliphatic carbocycles. The lowest BCUT2D eigenvalue weighted by molar-refractivity contribution is 0.137. The van der Waals surface area contributed by atoms with Gasteiger partial charge in [0.15, 0.2) is 11.5 Å². The van der Waals surface area contributed by atoms with Gasteiger partial charge in [-0.25, -0.2) is 4.98 Å². The van der Waals surface area contributed by atoms with Gasteiger partial charge < -0.3 is 19.8 Å². The van der Waals surface area contributed by atoms with Crippen LogP contribution < -0.4 is 20.3 Å². The Balaban J connectivity index is 1.86. The van der Waals surface area contributed by atoms with Crippen LogP contribution in [0.3, 0.4) is 0 Å². The lowest BCUT2D eigenvalue weighted by Gasteiger charge is -2.29. The Morgan fingerprint density at radius 3 is 2.68 bits per heavy atom. The molecule has 1 aromatic carbocycles. The molecule has 1 saturated carbocycles. The first kappa shape index (κ1) is 14.8. The molecule has 22 heavy (non-hydrogen) atoms. The SMILES string of the molecule is CN[C@H]1CC[C@H](Oc2cc3c(=O)[nH]cnc3cc2OC)CC1. The predicted molar refractivity (Wildman–Crippen MR) is 84.6 cm³/mol. The van der Waals surface area contributed by atoms with Crippen LogP contribution in [0.25, 0.3) is 10.9 Å². The molecule has 1 fully saturated rings. The van der Waals surface area contributed by atoms with Crippen molar-refractivity contribution < 1.29 is 9.47 Å². The van der Waals surface area contributed by atoms with Gasteiger partial charge in [-0.15, -0.1) is 0 Å². The van der Waals surface area contributed by atoms with Gasteiger partial charge >= 0.3 is 0 Å². The zero-order valence-electron chi connectivity index (χ0n) is 12.9. The van der Waals surface area contributed by atoms with E-state index in [0.717, 1.165) is 25.7 Å². The molecule has 6 heteroatoms. The zero-order chi connectivity index (χ0) is 15.5. The van der Waals surface area contributed by atoms with Crippen LogP contribution in [-0.4, -0.2) is 36.3 Å². The number of benzene rings is 1. The minimum Gasteiger partial charge on any atom is -0.493 e. The molecular formula is C16H21N3O3. The molecule has 0 unspecified atom stereocenters. The third-order valence-corrected chi connectivity index (χ3v) is 4.30. The quantitative estimate of drug-likeness (QED) is 0.901. The zero-order valence-corrected chi connectivity index (χ0v) is 12.9. The highest BCUT2D eigenvalue weighted by molar-refractivity contribution is 5.81. The second-order valence-electron chi connectivity index (χ2n) is 5.63. The number of aromatic nitrogens is 2. The maximum Gasteiger partial charge on any atom is 0.258 e. The highest BCUT2D eigenvalue weighted by Crippen LogP contribution is 2.33. The van der Waals surface area contributed by atoms with E-state index < -0.39 is 0 Å². The van der Waals surface area contributed by atoms with Gasteiger partial charge in [-0.3, -0.25) is 4.79 Å². The molecule has 3 rings (SSSR count). The number of hydrogen-bond donors (Lipinski definition) is 2. The topological polar surface area (TPSA) is 76.2 Å². The number of fused-ring (bicyclic) bond motifs is 1. The van der Waals surface area contributed by atoms with Crippen molar-refractivity contribution >= 4 is 10.9 Å². The van der Waals surface area contributed by atoms with Gasteiger partial charge in [-0.2, -0.15) is 0 Å². The highest BCUT2D eigenvalue weighted by Gasteiger charge is 2.22. The number of methoxy groups -OCH3 is 1. The third kappa shape index (κ3) is 2.92. The molecule has 1 aliphatic rings. The van der Waals surface area contributed by atoms with Gasteiger partial charge in [-0.05, 0) is 38.8 Å². The second kappa shape index (κ2) is 6.36. The number of nitrogens with one attached hydrogen (secondary N) is 2. The molecule has 0 aliphatic heterocycles. The van der Waals surface area contributed by atoms with Gasteiger partial charge in [0, 0.05) is 12.1 Å². The van der Waals surface area contributed by atoms with Crippen LogP contribution in [0, 0.1) is 0 Å². The number of nitrogens with zero attached hydrogens (tertiary/aromatic N) is 1. The molecule has 0 radical (unpaired) electrons. The summed E-state index contributed by atoms with van der Waals surface area (Å²) in [6.45, 7) is 0. The molecule has 1 heterocycles. The maximum atomic E-state index is 11.9. The van der Waals surface area contributed by atoms with Crippen molar-refractivity contribution in [1.29, 1.82) is 0 Å². The fourth-order valence-electron chi connectivity index (χ4n) is 2.98. The van der Waals surface area contributed by atoms with Crippen LogP contribution in [0.1, 0.15) is 25.7 Å². The maximum absolute atomic E-state index is 11.9. The largest absolute Gasteiger partial charge is 0.493 e. The van der Waals surface area contributed by atoms with Crippen molar-refractivity contribution in [2.75, 3.05) is 14.2 Å². The first-order chi connectivity index (χ1) is 10.7. The second-order valence-corrected chi connectivity index (χ2v) is 5.63. The molecule has 0 saturated heterocycles. The lowest BCUT2D eigenvalue weighted by Crippen LogP contribution is -2.34. The predicted octanol–water partition coefficient (Wildman–Crippen LogP) is 1.84. The van der Waals surface area contributed by atoms with Crippen molar-refractivity contribution in [3.63, 3.8) is 0 Å². The van der Waals surface area contributed by atoms with E-state index in [1.807, 2.05) is 7.05 Å². The summed E-state index contributed by atoms with van der Waals surface area (Å²) >= 11 is 0. The molecule has 2 N–H and O–H groups in total. The number of ether oxygens (including phenoxy) is 2. The number of aromatic amines is 1. The Bertz CT molecular complexity index is 705. The molecule has 2 aromatic rings. The van der Waals surface area contributed by atoms with Crippen molar-refractivity contribution in [2.24, 2.45) is 0 Å². The van der Waals surface area contributed by atoms with Crippen LogP contribution in [0.5, 0.6) is 11.5 Å². The van der Waals surface area contributed by atoms with Crippen LogP contribution in [0.2, 0.25) is 0 Å². The molecular weight excluding hydrogens is 282 g/mol. The number of rotatable bonds is 4. The Morgan fingerprint density at radius 1 is 1.23 bits per heavy atom. The molecule has 6 nitrogen and oxygen atoms in total. The van der Waals surface area contributed by atoms with Gasteiger partial charge in [0.1, 0.15) is 0 Å². The molecule has 1 aromatic heterocycles. The summed E-state index contributed by atoms with van der Waals surface area (Å²) in [4.78, 5) is 18.6. The summed E-state index contributed by atoms with van der Waals surface area (Å²) in [6, 6.07) is 4.05. The average Bonchev–Trinajstić information content (AvgIpc) is 2.56. The monoisotopic (exact) mass is 303 g/mol. The summed E-state index contributed by atoms with van der Waals surface area (Å²) in [7, 11) is 3.59. The minimum atomic E-state index is -0.170. The van der Waals surface area contributed by atoms with Gasteiger partial charge in [0.2, 0.25) is 0 Å². The third-order valence-electron chi connectivity index (χ3n) is 4.30. The van der Waals surface area contributed by atoms with Crippen molar-refractivity contribution in [2.45, 2.75) is 37.8 Å². The smallest absolute Gasteiger partial charge is 0.258 e. The Hall–Kier alpha value is -2.08.